The van der Waals surface area contributed by atoms with Gasteiger partial charge in [0, 0.05) is 10.3 Å². The lowest BCUT2D eigenvalue weighted by Crippen LogP contribution is -2.14. The van der Waals surface area contributed by atoms with E-state index in [9.17, 15) is 10.1 Å². The Balaban J connectivity index is 1.44. The van der Waals surface area contributed by atoms with Gasteiger partial charge in [0.25, 0.3) is 0 Å². The maximum Gasteiger partial charge on any atom is 0.235 e. The lowest BCUT2D eigenvalue weighted by atomic mass is 10.1. The van der Waals surface area contributed by atoms with E-state index in [2.05, 4.69) is 16.4 Å². The number of carbonyl (C=O) groups excluding carboxylic acids is 1. The van der Waals surface area contributed by atoms with Crippen LogP contribution in [0.4, 0.5) is 5.00 Å². The Bertz CT molecular complexity index is 1040. The number of amides is 1. The Morgan fingerprint density at radius 2 is 2.04 bits per heavy atom. The van der Waals surface area contributed by atoms with Crippen LogP contribution < -0.4 is 5.32 Å². The summed E-state index contributed by atoms with van der Waals surface area (Å²) in [6.45, 7) is 0. The van der Waals surface area contributed by atoms with Gasteiger partial charge < -0.3 is 5.32 Å². The monoisotopic (exact) mass is 393 g/mol. The lowest BCUT2D eigenvalue weighted by molar-refractivity contribution is -0.113. The number of nitrogens with zero attached hydrogens (tertiary/aromatic N) is 2. The van der Waals surface area contributed by atoms with Crippen LogP contribution in [0.3, 0.4) is 0 Å². The van der Waals surface area contributed by atoms with E-state index in [0.717, 1.165) is 47.2 Å². The number of nitrogens with one attached hydrogen (secondary N) is 1. The number of aryl methyl sites for hydroxylation is 1. The van der Waals surface area contributed by atoms with Gasteiger partial charge in [0.1, 0.15) is 11.1 Å². The molecule has 3 aromatic rings. The first kappa shape index (κ1) is 18.0. The van der Waals surface area contributed by atoms with Gasteiger partial charge in [-0.3, -0.25) is 4.79 Å². The summed E-state index contributed by atoms with van der Waals surface area (Å²) in [5.74, 6) is 0.182. The van der Waals surface area contributed by atoms with Crippen molar-refractivity contribution >= 4 is 44.9 Å². The molecule has 2 aromatic heterocycles. The molecule has 0 fully saturated rings. The molecule has 4 rings (SSSR count). The molecule has 2 heterocycles. The molecule has 6 heteroatoms. The van der Waals surface area contributed by atoms with Gasteiger partial charge in [-0.15, -0.1) is 11.3 Å². The van der Waals surface area contributed by atoms with Crippen LogP contribution in [0.1, 0.15) is 35.3 Å². The van der Waals surface area contributed by atoms with Crippen LogP contribution in [0.2, 0.25) is 0 Å². The fourth-order valence-corrected chi connectivity index (χ4v) is 5.31. The molecule has 1 aliphatic carbocycles. The number of thioether (sulfide) groups is 1. The van der Waals surface area contributed by atoms with Crippen LogP contribution in [0.5, 0.6) is 0 Å². The van der Waals surface area contributed by atoms with E-state index in [1.165, 1.54) is 23.1 Å². The predicted octanol–water partition coefficient (Wildman–Crippen LogP) is 5.17. The second-order valence-corrected chi connectivity index (χ2v) is 8.66. The molecule has 0 radical (unpaired) electrons. The van der Waals surface area contributed by atoms with Crippen molar-refractivity contribution in [1.29, 1.82) is 5.26 Å². The van der Waals surface area contributed by atoms with Gasteiger partial charge in [-0.05, 0) is 43.4 Å². The third-order valence-electron chi connectivity index (χ3n) is 4.71. The van der Waals surface area contributed by atoms with Crippen LogP contribution in [-0.4, -0.2) is 16.6 Å². The number of thiophene rings is 1. The highest BCUT2D eigenvalue weighted by Crippen LogP contribution is 2.37. The first-order valence-electron chi connectivity index (χ1n) is 9.07. The van der Waals surface area contributed by atoms with Crippen LogP contribution in [-0.2, 0) is 17.6 Å². The van der Waals surface area contributed by atoms with Crippen molar-refractivity contribution in [2.75, 3.05) is 11.1 Å². The van der Waals surface area contributed by atoms with Crippen molar-refractivity contribution in [3.05, 3.63) is 52.4 Å². The number of pyridine rings is 1. The number of hydrogen-bond acceptors (Lipinski definition) is 5. The van der Waals surface area contributed by atoms with Crippen molar-refractivity contribution < 1.29 is 4.79 Å². The van der Waals surface area contributed by atoms with Crippen molar-refractivity contribution in [3.63, 3.8) is 0 Å². The Morgan fingerprint density at radius 1 is 1.19 bits per heavy atom. The van der Waals surface area contributed by atoms with Gasteiger partial charge in [0.05, 0.1) is 21.9 Å². The van der Waals surface area contributed by atoms with E-state index >= 15 is 0 Å². The molecule has 0 unspecified atom stereocenters. The van der Waals surface area contributed by atoms with Gasteiger partial charge in [-0.2, -0.15) is 5.26 Å². The van der Waals surface area contributed by atoms with E-state index < -0.39 is 0 Å². The molecule has 136 valence electrons. The van der Waals surface area contributed by atoms with Crippen LogP contribution in [0.15, 0.2) is 41.4 Å². The van der Waals surface area contributed by atoms with Gasteiger partial charge in [-0.25, -0.2) is 4.98 Å². The highest BCUT2D eigenvalue weighted by molar-refractivity contribution is 7.99. The fraction of sp³-hybridized carbons (Fsp3) is 0.286. The van der Waals surface area contributed by atoms with E-state index in [1.54, 1.807) is 11.3 Å². The molecule has 0 saturated heterocycles. The Kier molecular flexibility index (Phi) is 5.42. The van der Waals surface area contributed by atoms with E-state index in [-0.39, 0.29) is 11.7 Å². The first-order chi connectivity index (χ1) is 13.2. The predicted molar refractivity (Wildman–Crippen MR) is 111 cm³/mol. The molecule has 0 bridgehead atoms. The van der Waals surface area contributed by atoms with Crippen LogP contribution in [0, 0.1) is 11.3 Å². The Labute approximate surface area is 166 Å². The van der Waals surface area contributed by atoms with Crippen molar-refractivity contribution in [1.82, 2.24) is 4.98 Å². The molecular formula is C21H19N3OS2. The molecule has 0 atom stereocenters. The minimum Gasteiger partial charge on any atom is -0.316 e. The zero-order valence-electron chi connectivity index (χ0n) is 14.8. The number of hydrogen-bond donors (Lipinski definition) is 1. The highest BCUT2D eigenvalue weighted by Gasteiger charge is 2.21. The summed E-state index contributed by atoms with van der Waals surface area (Å²) in [4.78, 5) is 18.3. The van der Waals surface area contributed by atoms with E-state index in [4.69, 9.17) is 0 Å². The third-order valence-corrected chi connectivity index (χ3v) is 6.85. The molecule has 1 aliphatic rings. The second kappa shape index (κ2) is 8.12. The van der Waals surface area contributed by atoms with Crippen LogP contribution in [0.25, 0.3) is 10.9 Å². The van der Waals surface area contributed by atoms with E-state index in [1.807, 2.05) is 36.4 Å². The molecule has 0 saturated carbocycles. The molecule has 1 aromatic carbocycles. The minimum absolute atomic E-state index is 0.0946. The summed E-state index contributed by atoms with van der Waals surface area (Å²) in [6.07, 6.45) is 5.45. The fourth-order valence-electron chi connectivity index (χ4n) is 3.38. The lowest BCUT2D eigenvalue weighted by Gasteiger charge is -2.05. The van der Waals surface area contributed by atoms with Crippen molar-refractivity contribution in [2.45, 2.75) is 37.1 Å². The number of nitriles is 1. The summed E-state index contributed by atoms with van der Waals surface area (Å²) >= 11 is 2.99. The quantitative estimate of drug-likeness (QED) is 0.491. The summed E-state index contributed by atoms with van der Waals surface area (Å²) in [5.41, 5.74) is 2.75. The van der Waals surface area contributed by atoms with Crippen LogP contribution >= 0.6 is 23.1 Å². The number of carbonyl (C=O) groups is 1. The first-order valence-corrected chi connectivity index (χ1v) is 10.9. The average molecular weight is 394 g/mol. The Hall–Kier alpha value is -2.36. The maximum atomic E-state index is 12.4. The number of para-hydroxylation sites is 1. The molecule has 0 aliphatic heterocycles. The third kappa shape index (κ3) is 4.00. The average Bonchev–Trinajstić information content (AvgIpc) is 2.85. The van der Waals surface area contributed by atoms with Gasteiger partial charge in [-0.1, -0.05) is 42.4 Å². The maximum absolute atomic E-state index is 12.4. The second-order valence-electron chi connectivity index (χ2n) is 6.56. The number of aromatic nitrogens is 1. The number of anilines is 1. The smallest absolute Gasteiger partial charge is 0.235 e. The number of fused-ring (bicyclic) bond motifs is 2. The molecule has 1 N–H and O–H groups in total. The largest absolute Gasteiger partial charge is 0.316 e. The molecular weight excluding hydrogens is 374 g/mol. The van der Waals surface area contributed by atoms with Gasteiger partial charge in [0.15, 0.2) is 0 Å². The van der Waals surface area contributed by atoms with Gasteiger partial charge >= 0.3 is 0 Å². The number of rotatable bonds is 4. The topological polar surface area (TPSA) is 65.8 Å². The normalized spacial score (nSPS) is 13.6. The van der Waals surface area contributed by atoms with Crippen molar-refractivity contribution in [2.24, 2.45) is 0 Å². The SMILES string of the molecule is N#Cc1c(NC(=O)CSc2ccc3ccccc3n2)sc2c1CCCCC2. The molecule has 4 nitrogen and oxygen atoms in total. The Morgan fingerprint density at radius 3 is 2.93 bits per heavy atom. The summed E-state index contributed by atoms with van der Waals surface area (Å²) in [7, 11) is 0. The summed E-state index contributed by atoms with van der Waals surface area (Å²) in [5, 5.41) is 15.1. The zero-order valence-corrected chi connectivity index (χ0v) is 16.5. The highest BCUT2D eigenvalue weighted by atomic mass is 32.2. The molecule has 1 amide bonds. The molecule has 27 heavy (non-hydrogen) atoms. The van der Waals surface area contributed by atoms with E-state index in [0.29, 0.717) is 10.6 Å². The summed E-state index contributed by atoms with van der Waals surface area (Å²) < 4.78 is 0. The standard InChI is InChI=1S/C21H19N3OS2/c22-12-16-15-7-2-1-3-9-18(15)27-21(16)24-19(25)13-26-20-11-10-14-6-4-5-8-17(14)23-20/h4-6,8,10-11H,1-3,7,9,13H2,(H,24,25). The number of benzene rings is 1. The zero-order chi connectivity index (χ0) is 18.6. The minimum atomic E-state index is -0.0946. The van der Waals surface area contributed by atoms with Crippen molar-refractivity contribution in [3.8, 4) is 6.07 Å². The molecule has 0 spiro atoms. The van der Waals surface area contributed by atoms with Gasteiger partial charge in [0.2, 0.25) is 5.91 Å². The summed E-state index contributed by atoms with van der Waals surface area (Å²) in [6, 6.07) is 14.2.